The zero-order chi connectivity index (χ0) is 16.2. The van der Waals surface area contributed by atoms with Crippen LogP contribution in [-0.4, -0.2) is 47.4 Å². The summed E-state index contributed by atoms with van der Waals surface area (Å²) >= 11 is 0. The molecule has 0 unspecified atom stereocenters. The van der Waals surface area contributed by atoms with Crippen LogP contribution in [0.4, 0.5) is 0 Å². The van der Waals surface area contributed by atoms with Crippen molar-refractivity contribution < 1.29 is 9.59 Å². The summed E-state index contributed by atoms with van der Waals surface area (Å²) in [6.45, 7) is 1.30. The minimum atomic E-state index is -0.199. The largest absolute Gasteiger partial charge is 0.358 e. The number of likely N-dealkylation sites (tertiary alicyclic amines) is 1. The molecule has 1 aliphatic carbocycles. The van der Waals surface area contributed by atoms with Gasteiger partial charge in [0.1, 0.15) is 0 Å². The Morgan fingerprint density at radius 2 is 2.22 bits per heavy atom. The second-order valence-electron chi connectivity index (χ2n) is 6.37. The van der Waals surface area contributed by atoms with Crippen molar-refractivity contribution >= 4 is 11.8 Å². The standard InChI is InChI=1S/C17H24N4O2/c1-18-17(23)15(13-6-7-13)21-9-3-5-14(21)16(22)20-11-12-4-2-8-19-10-12/h2,4,8,10,13-15H,3,5-7,9,11H2,1H3,(H,18,23)(H,20,22)/t14-,15+/m0/s1. The topological polar surface area (TPSA) is 74.3 Å². The van der Waals surface area contributed by atoms with Gasteiger partial charge in [0, 0.05) is 26.0 Å². The molecule has 0 bridgehead atoms. The van der Waals surface area contributed by atoms with Gasteiger partial charge in [0.15, 0.2) is 0 Å². The van der Waals surface area contributed by atoms with E-state index in [2.05, 4.69) is 20.5 Å². The van der Waals surface area contributed by atoms with Crippen molar-refractivity contribution in [2.45, 2.75) is 44.3 Å². The zero-order valence-corrected chi connectivity index (χ0v) is 13.5. The predicted molar refractivity (Wildman–Crippen MR) is 86.4 cm³/mol. The molecule has 2 aliphatic rings. The molecule has 6 nitrogen and oxygen atoms in total. The quantitative estimate of drug-likeness (QED) is 0.810. The van der Waals surface area contributed by atoms with Gasteiger partial charge >= 0.3 is 0 Å². The Morgan fingerprint density at radius 3 is 2.87 bits per heavy atom. The molecule has 2 N–H and O–H groups in total. The Labute approximate surface area is 136 Å². The molecule has 1 saturated heterocycles. The molecule has 6 heteroatoms. The lowest BCUT2D eigenvalue weighted by Gasteiger charge is -2.31. The highest BCUT2D eigenvalue weighted by Crippen LogP contribution is 2.38. The summed E-state index contributed by atoms with van der Waals surface area (Å²) in [6.07, 6.45) is 7.42. The van der Waals surface area contributed by atoms with Crippen LogP contribution in [0, 0.1) is 5.92 Å². The first-order valence-electron chi connectivity index (χ1n) is 8.34. The van der Waals surface area contributed by atoms with E-state index in [1.54, 1.807) is 19.4 Å². The fourth-order valence-electron chi connectivity index (χ4n) is 3.41. The molecule has 1 aliphatic heterocycles. The second-order valence-corrected chi connectivity index (χ2v) is 6.37. The molecule has 2 fully saturated rings. The lowest BCUT2D eigenvalue weighted by Crippen LogP contribution is -2.53. The van der Waals surface area contributed by atoms with Crippen LogP contribution in [0.1, 0.15) is 31.2 Å². The Morgan fingerprint density at radius 1 is 1.39 bits per heavy atom. The number of amides is 2. The number of likely N-dealkylation sites (N-methyl/N-ethyl adjacent to an activating group) is 1. The molecule has 1 aromatic heterocycles. The molecule has 23 heavy (non-hydrogen) atoms. The number of nitrogens with zero attached hydrogens (tertiary/aromatic N) is 2. The number of rotatable bonds is 6. The second kappa shape index (κ2) is 7.08. The van der Waals surface area contributed by atoms with Crippen molar-refractivity contribution in [3.8, 4) is 0 Å². The van der Waals surface area contributed by atoms with Crippen LogP contribution >= 0.6 is 0 Å². The van der Waals surface area contributed by atoms with E-state index in [0.29, 0.717) is 12.5 Å². The maximum absolute atomic E-state index is 12.6. The van der Waals surface area contributed by atoms with Crippen molar-refractivity contribution in [2.75, 3.05) is 13.6 Å². The number of aromatic nitrogens is 1. The van der Waals surface area contributed by atoms with Gasteiger partial charge < -0.3 is 10.6 Å². The van der Waals surface area contributed by atoms with Crippen LogP contribution in [0.2, 0.25) is 0 Å². The van der Waals surface area contributed by atoms with Gasteiger partial charge in [0.25, 0.3) is 0 Å². The molecule has 1 aromatic rings. The summed E-state index contributed by atoms with van der Waals surface area (Å²) in [4.78, 5) is 31.0. The van der Waals surface area contributed by atoms with Gasteiger partial charge in [-0.15, -0.1) is 0 Å². The smallest absolute Gasteiger partial charge is 0.237 e. The number of hydrogen-bond acceptors (Lipinski definition) is 4. The monoisotopic (exact) mass is 316 g/mol. The number of hydrogen-bond donors (Lipinski definition) is 2. The highest BCUT2D eigenvalue weighted by atomic mass is 16.2. The van der Waals surface area contributed by atoms with Crippen molar-refractivity contribution in [1.29, 1.82) is 0 Å². The maximum atomic E-state index is 12.6. The normalized spacial score (nSPS) is 22.6. The van der Waals surface area contributed by atoms with E-state index in [-0.39, 0.29) is 23.9 Å². The van der Waals surface area contributed by atoms with E-state index in [1.807, 2.05) is 12.1 Å². The summed E-state index contributed by atoms with van der Waals surface area (Å²) in [5.41, 5.74) is 0.982. The van der Waals surface area contributed by atoms with Crippen LogP contribution in [-0.2, 0) is 16.1 Å². The van der Waals surface area contributed by atoms with Crippen molar-refractivity contribution in [1.82, 2.24) is 20.5 Å². The van der Waals surface area contributed by atoms with E-state index >= 15 is 0 Å². The van der Waals surface area contributed by atoms with Crippen molar-refractivity contribution in [2.24, 2.45) is 5.92 Å². The van der Waals surface area contributed by atoms with E-state index in [9.17, 15) is 9.59 Å². The average molecular weight is 316 g/mol. The van der Waals surface area contributed by atoms with E-state index in [4.69, 9.17) is 0 Å². The van der Waals surface area contributed by atoms with E-state index < -0.39 is 0 Å². The fraction of sp³-hybridized carbons (Fsp3) is 0.588. The first-order valence-corrected chi connectivity index (χ1v) is 8.34. The van der Waals surface area contributed by atoms with Gasteiger partial charge in [0.2, 0.25) is 11.8 Å². The molecule has 2 heterocycles. The summed E-state index contributed by atoms with van der Waals surface area (Å²) in [5.74, 6) is 0.460. The van der Waals surface area contributed by atoms with E-state index in [1.165, 1.54) is 0 Å². The number of nitrogens with one attached hydrogen (secondary N) is 2. The molecule has 124 valence electrons. The third-order valence-electron chi connectivity index (χ3n) is 4.73. The number of carbonyl (C=O) groups is 2. The SMILES string of the molecule is CNC(=O)[C@@H](C1CC1)N1CCC[C@H]1C(=O)NCc1cccnc1. The molecule has 0 radical (unpaired) electrons. The molecule has 1 saturated carbocycles. The van der Waals surface area contributed by atoms with Crippen molar-refractivity contribution in [3.05, 3.63) is 30.1 Å². The Bertz CT molecular complexity index is 559. The molecule has 2 amide bonds. The van der Waals surface area contributed by atoms with E-state index in [0.717, 1.165) is 37.8 Å². The summed E-state index contributed by atoms with van der Waals surface area (Å²) in [6, 6.07) is 3.45. The molecule has 3 rings (SSSR count). The van der Waals surface area contributed by atoms with Gasteiger partial charge in [0.05, 0.1) is 12.1 Å². The van der Waals surface area contributed by atoms with Gasteiger partial charge in [-0.2, -0.15) is 0 Å². The summed E-state index contributed by atoms with van der Waals surface area (Å²) < 4.78 is 0. The lowest BCUT2D eigenvalue weighted by molar-refractivity contribution is -0.131. The first kappa shape index (κ1) is 15.9. The van der Waals surface area contributed by atoms with Crippen LogP contribution in [0.5, 0.6) is 0 Å². The number of pyridine rings is 1. The summed E-state index contributed by atoms with van der Waals surface area (Å²) in [5, 5.41) is 5.75. The molecular weight excluding hydrogens is 292 g/mol. The fourth-order valence-corrected chi connectivity index (χ4v) is 3.41. The average Bonchev–Trinajstić information content (AvgIpc) is 3.30. The Balaban J connectivity index is 1.63. The lowest BCUT2D eigenvalue weighted by atomic mass is 10.1. The molecule has 2 atom stereocenters. The summed E-state index contributed by atoms with van der Waals surface area (Å²) in [7, 11) is 1.67. The first-order chi connectivity index (χ1) is 11.2. The molecule has 0 aromatic carbocycles. The molecule has 0 spiro atoms. The minimum absolute atomic E-state index is 0.0147. The van der Waals surface area contributed by atoms with Gasteiger partial charge in [-0.25, -0.2) is 0 Å². The van der Waals surface area contributed by atoms with Gasteiger partial charge in [-0.05, 0) is 49.8 Å². The highest BCUT2D eigenvalue weighted by molar-refractivity contribution is 5.86. The van der Waals surface area contributed by atoms with Gasteiger partial charge in [-0.1, -0.05) is 6.07 Å². The van der Waals surface area contributed by atoms with Crippen LogP contribution in [0.25, 0.3) is 0 Å². The highest BCUT2D eigenvalue weighted by Gasteiger charge is 2.45. The van der Waals surface area contributed by atoms with Crippen LogP contribution in [0.15, 0.2) is 24.5 Å². The minimum Gasteiger partial charge on any atom is -0.358 e. The third kappa shape index (κ3) is 3.69. The predicted octanol–water partition coefficient (Wildman–Crippen LogP) is 0.687. The Hall–Kier alpha value is -1.95. The molecular formula is C17H24N4O2. The number of carbonyl (C=O) groups excluding carboxylic acids is 2. The van der Waals surface area contributed by atoms with Crippen LogP contribution in [0.3, 0.4) is 0 Å². The Kier molecular flexibility index (Phi) is 4.91. The third-order valence-corrected chi connectivity index (χ3v) is 4.73. The maximum Gasteiger partial charge on any atom is 0.237 e. The van der Waals surface area contributed by atoms with Crippen LogP contribution < -0.4 is 10.6 Å². The van der Waals surface area contributed by atoms with Crippen molar-refractivity contribution in [3.63, 3.8) is 0 Å². The zero-order valence-electron chi connectivity index (χ0n) is 13.5. The van der Waals surface area contributed by atoms with Gasteiger partial charge in [-0.3, -0.25) is 19.5 Å².